The van der Waals surface area contributed by atoms with Crippen LogP contribution in [0.4, 0.5) is 5.82 Å². The van der Waals surface area contributed by atoms with Gasteiger partial charge in [0.15, 0.2) is 0 Å². The number of nitrogen functional groups attached to an aromatic ring is 1. The Kier molecular flexibility index (Phi) is 4.24. The maximum Gasteiger partial charge on any atom is 0.144 e. The number of benzene rings is 1. The van der Waals surface area contributed by atoms with Gasteiger partial charge >= 0.3 is 0 Å². The van der Waals surface area contributed by atoms with Gasteiger partial charge in [-0.25, -0.2) is 9.97 Å². The fourth-order valence-electron chi connectivity index (χ4n) is 3.18. The van der Waals surface area contributed by atoms with E-state index in [1.54, 1.807) is 19.4 Å². The summed E-state index contributed by atoms with van der Waals surface area (Å²) in [6.07, 6.45) is 2.85. The number of nitrogens with zero attached hydrogens (tertiary/aromatic N) is 3. The number of methoxy groups -OCH3 is 1. The van der Waals surface area contributed by atoms with Gasteiger partial charge < -0.3 is 10.5 Å². The van der Waals surface area contributed by atoms with E-state index >= 15 is 0 Å². The van der Waals surface area contributed by atoms with E-state index < -0.39 is 0 Å². The number of hydrogen-bond donors (Lipinski definition) is 1. The number of anilines is 1. The van der Waals surface area contributed by atoms with Crippen LogP contribution < -0.4 is 10.5 Å². The number of aromatic nitrogens is 2. The van der Waals surface area contributed by atoms with Gasteiger partial charge in [0.2, 0.25) is 0 Å². The van der Waals surface area contributed by atoms with Crippen LogP contribution in [0.1, 0.15) is 30.8 Å². The standard InChI is InChI=1S/C17H22N4O/c1-12-8-15(13-4-3-5-14(9-13)22-2)21(10-12)11-17-19-7-6-16(18)20-17/h3-7,9,12,15H,8,10-11H2,1-2H3,(H2,18,19,20)/t12-,15-/m1/s1. The van der Waals surface area contributed by atoms with Gasteiger partial charge in [-0.3, -0.25) is 4.90 Å². The molecule has 116 valence electrons. The van der Waals surface area contributed by atoms with Gasteiger partial charge in [-0.2, -0.15) is 0 Å². The van der Waals surface area contributed by atoms with Crippen LogP contribution in [0.3, 0.4) is 0 Å². The Morgan fingerprint density at radius 1 is 1.36 bits per heavy atom. The molecule has 3 rings (SSSR count). The summed E-state index contributed by atoms with van der Waals surface area (Å²) in [6, 6.07) is 10.4. The maximum atomic E-state index is 5.76. The van der Waals surface area contributed by atoms with Crippen molar-refractivity contribution >= 4 is 5.82 Å². The van der Waals surface area contributed by atoms with E-state index in [1.807, 2.05) is 12.1 Å². The molecular weight excluding hydrogens is 276 g/mol. The minimum atomic E-state index is 0.370. The Bertz CT molecular complexity index is 646. The molecule has 0 radical (unpaired) electrons. The van der Waals surface area contributed by atoms with E-state index in [9.17, 15) is 0 Å². The number of ether oxygens (including phenoxy) is 1. The molecular formula is C17H22N4O. The summed E-state index contributed by atoms with van der Waals surface area (Å²) in [4.78, 5) is 11.1. The van der Waals surface area contributed by atoms with E-state index in [2.05, 4.69) is 33.9 Å². The highest BCUT2D eigenvalue weighted by Crippen LogP contribution is 2.37. The third-order valence-electron chi connectivity index (χ3n) is 4.16. The Morgan fingerprint density at radius 2 is 2.23 bits per heavy atom. The van der Waals surface area contributed by atoms with Crippen molar-refractivity contribution in [1.29, 1.82) is 0 Å². The second-order valence-corrected chi connectivity index (χ2v) is 5.96. The molecule has 1 fully saturated rings. The Balaban J connectivity index is 1.82. The summed E-state index contributed by atoms with van der Waals surface area (Å²) >= 11 is 0. The summed E-state index contributed by atoms with van der Waals surface area (Å²) in [5.41, 5.74) is 7.04. The fourth-order valence-corrected chi connectivity index (χ4v) is 3.18. The summed E-state index contributed by atoms with van der Waals surface area (Å²) < 4.78 is 5.35. The van der Waals surface area contributed by atoms with E-state index in [0.29, 0.717) is 17.8 Å². The van der Waals surface area contributed by atoms with Gasteiger partial charge in [-0.15, -0.1) is 0 Å². The topological polar surface area (TPSA) is 64.3 Å². The largest absolute Gasteiger partial charge is 0.497 e. The highest BCUT2D eigenvalue weighted by Gasteiger charge is 2.31. The van der Waals surface area contributed by atoms with E-state index in [0.717, 1.165) is 31.1 Å². The molecule has 0 spiro atoms. The van der Waals surface area contributed by atoms with E-state index in [-0.39, 0.29) is 0 Å². The number of likely N-dealkylation sites (tertiary alicyclic amines) is 1. The van der Waals surface area contributed by atoms with Gasteiger partial charge in [-0.1, -0.05) is 19.1 Å². The predicted octanol–water partition coefficient (Wildman–Crippen LogP) is 2.65. The van der Waals surface area contributed by atoms with Crippen LogP contribution in [0.5, 0.6) is 5.75 Å². The third-order valence-corrected chi connectivity index (χ3v) is 4.16. The number of hydrogen-bond acceptors (Lipinski definition) is 5. The van der Waals surface area contributed by atoms with Crippen molar-refractivity contribution in [3.63, 3.8) is 0 Å². The quantitative estimate of drug-likeness (QED) is 0.940. The molecule has 2 aromatic rings. The number of nitrogens with two attached hydrogens (primary N) is 1. The van der Waals surface area contributed by atoms with E-state index in [4.69, 9.17) is 10.5 Å². The maximum absolute atomic E-state index is 5.76. The monoisotopic (exact) mass is 298 g/mol. The molecule has 0 aliphatic carbocycles. The lowest BCUT2D eigenvalue weighted by molar-refractivity contribution is 0.239. The Hall–Kier alpha value is -2.14. The third kappa shape index (κ3) is 3.20. The van der Waals surface area contributed by atoms with Crippen molar-refractivity contribution < 1.29 is 4.74 Å². The van der Waals surface area contributed by atoms with Crippen LogP contribution in [-0.2, 0) is 6.54 Å². The van der Waals surface area contributed by atoms with Gasteiger partial charge in [0.05, 0.1) is 13.7 Å². The highest BCUT2D eigenvalue weighted by atomic mass is 16.5. The van der Waals surface area contributed by atoms with Crippen LogP contribution in [-0.4, -0.2) is 28.5 Å². The number of rotatable bonds is 4. The van der Waals surface area contributed by atoms with Crippen LogP contribution in [0.15, 0.2) is 36.5 Å². The summed E-state index contributed by atoms with van der Waals surface area (Å²) in [7, 11) is 1.70. The van der Waals surface area contributed by atoms with Crippen LogP contribution in [0.25, 0.3) is 0 Å². The molecule has 5 nitrogen and oxygen atoms in total. The zero-order chi connectivity index (χ0) is 15.5. The molecule has 2 heterocycles. The van der Waals surface area contributed by atoms with Crippen LogP contribution >= 0.6 is 0 Å². The van der Waals surface area contributed by atoms with Gasteiger partial charge in [0, 0.05) is 18.8 Å². The lowest BCUT2D eigenvalue weighted by Gasteiger charge is -2.24. The average molecular weight is 298 g/mol. The smallest absolute Gasteiger partial charge is 0.144 e. The average Bonchev–Trinajstić information content (AvgIpc) is 2.88. The molecule has 22 heavy (non-hydrogen) atoms. The van der Waals surface area contributed by atoms with Crippen molar-refractivity contribution in [3.8, 4) is 5.75 Å². The van der Waals surface area contributed by atoms with Crippen molar-refractivity contribution in [2.24, 2.45) is 5.92 Å². The van der Waals surface area contributed by atoms with Crippen molar-refractivity contribution in [3.05, 3.63) is 47.9 Å². The molecule has 2 N–H and O–H groups in total. The van der Waals surface area contributed by atoms with Crippen molar-refractivity contribution in [1.82, 2.24) is 14.9 Å². The molecule has 1 aliphatic rings. The molecule has 2 atom stereocenters. The molecule has 0 unspecified atom stereocenters. The van der Waals surface area contributed by atoms with Crippen molar-refractivity contribution in [2.75, 3.05) is 19.4 Å². The summed E-state index contributed by atoms with van der Waals surface area (Å²) in [5.74, 6) is 2.85. The highest BCUT2D eigenvalue weighted by molar-refractivity contribution is 5.31. The molecule has 1 aromatic heterocycles. The minimum Gasteiger partial charge on any atom is -0.497 e. The molecule has 5 heteroatoms. The van der Waals surface area contributed by atoms with Crippen LogP contribution in [0, 0.1) is 5.92 Å². The molecule has 0 bridgehead atoms. The normalized spacial score (nSPS) is 21.9. The van der Waals surface area contributed by atoms with Gasteiger partial charge in [0.25, 0.3) is 0 Å². The zero-order valence-corrected chi connectivity index (χ0v) is 13.1. The second kappa shape index (κ2) is 6.32. The molecule has 0 amide bonds. The lowest BCUT2D eigenvalue weighted by Crippen LogP contribution is -2.24. The molecule has 1 aliphatic heterocycles. The van der Waals surface area contributed by atoms with E-state index in [1.165, 1.54) is 5.56 Å². The molecule has 1 aromatic carbocycles. The van der Waals surface area contributed by atoms with Crippen molar-refractivity contribution in [2.45, 2.75) is 25.9 Å². The summed E-state index contributed by atoms with van der Waals surface area (Å²) in [6.45, 7) is 4.05. The summed E-state index contributed by atoms with van der Waals surface area (Å²) in [5, 5.41) is 0. The fraction of sp³-hybridized carbons (Fsp3) is 0.412. The first-order valence-electron chi connectivity index (χ1n) is 7.61. The van der Waals surface area contributed by atoms with Gasteiger partial charge in [0.1, 0.15) is 17.4 Å². The minimum absolute atomic E-state index is 0.370. The van der Waals surface area contributed by atoms with Gasteiger partial charge in [-0.05, 0) is 36.1 Å². The first-order valence-corrected chi connectivity index (χ1v) is 7.61. The van der Waals surface area contributed by atoms with Crippen LogP contribution in [0.2, 0.25) is 0 Å². The lowest BCUT2D eigenvalue weighted by atomic mass is 10.0. The second-order valence-electron chi connectivity index (χ2n) is 5.96. The Labute approximate surface area is 131 Å². The Morgan fingerprint density at radius 3 is 3.00 bits per heavy atom. The zero-order valence-electron chi connectivity index (χ0n) is 13.1. The first-order chi connectivity index (χ1) is 10.7. The SMILES string of the molecule is COc1cccc([C@H]2C[C@@H](C)CN2Cc2nccc(N)n2)c1. The first kappa shape index (κ1) is 14.8. The predicted molar refractivity (Wildman–Crippen MR) is 86.4 cm³/mol. The molecule has 1 saturated heterocycles. The molecule has 0 saturated carbocycles.